The van der Waals surface area contributed by atoms with E-state index in [1.54, 1.807) is 34.3 Å². The van der Waals surface area contributed by atoms with Gasteiger partial charge < -0.3 is 48.5 Å². The van der Waals surface area contributed by atoms with E-state index in [1.165, 1.54) is 60.4 Å². The Morgan fingerprint density at radius 3 is 1.42 bits per heavy atom. The Bertz CT molecular complexity index is 3130. The number of alkyl halides is 9. The largest absolute Gasteiger partial charge is 1.00 e. The minimum Gasteiger partial charge on any atom is -1.00 e. The zero-order valence-corrected chi connectivity index (χ0v) is 45.4. The number of nitrogens with one attached hydrogen (secondary N) is 1. The van der Waals surface area contributed by atoms with E-state index in [0.717, 1.165) is 61.3 Å². The Balaban J connectivity index is 0.000000260. The van der Waals surface area contributed by atoms with Crippen LogP contribution in [0.2, 0.25) is 5.15 Å². The maximum absolute atomic E-state index is 12.6. The van der Waals surface area contributed by atoms with E-state index in [2.05, 4.69) is 44.9 Å². The number of aromatic nitrogens is 9. The molecule has 72 heavy (non-hydrogen) atoms. The molecule has 0 saturated heterocycles. The second kappa shape index (κ2) is 27.5. The summed E-state index contributed by atoms with van der Waals surface area (Å²) >= 11 is 12.5. The van der Waals surface area contributed by atoms with Gasteiger partial charge in [0.2, 0.25) is 11.8 Å². The number of hydrogen-bond donors (Lipinski definition) is 3. The zero-order chi connectivity index (χ0) is 50.1. The molecule has 0 radical (unpaired) electrons. The van der Waals surface area contributed by atoms with Gasteiger partial charge in [-0.2, -0.15) is 83.5 Å². The van der Waals surface area contributed by atoms with Crippen LogP contribution in [-0.2, 0) is 18.5 Å². The van der Waals surface area contributed by atoms with Gasteiger partial charge in [-0.1, -0.05) is 25.1 Å². The molecule has 0 amide bonds. The summed E-state index contributed by atoms with van der Waals surface area (Å²) in [5, 5.41) is 30.8. The SMILES string of the molecule is C.COc1cc(-c2ccsc2)nc(-c2nc(C(F)(F)F)cs2)n1.COc1cc(Cl)nc(-c2nc(C(F)(F)F)cs2)n1.O=c1cc(-c2ccsc2)nc(-c2nc(C(F)(F)F)cs2)[nH]1.OB(O)c1ccsc1.[I-].[Na+]. The van der Waals surface area contributed by atoms with Crippen LogP contribution in [0, 0.1) is 0 Å². The van der Waals surface area contributed by atoms with Gasteiger partial charge in [0, 0.05) is 56.2 Å². The summed E-state index contributed by atoms with van der Waals surface area (Å²) < 4.78 is 123. The predicted octanol–water partition coefficient (Wildman–Crippen LogP) is 5.35. The van der Waals surface area contributed by atoms with Crippen LogP contribution in [0.5, 0.6) is 11.8 Å². The van der Waals surface area contributed by atoms with E-state index in [0.29, 0.717) is 16.9 Å². The van der Waals surface area contributed by atoms with Crippen LogP contribution in [-0.4, -0.2) is 76.2 Å². The van der Waals surface area contributed by atoms with Crippen LogP contribution in [0.4, 0.5) is 39.5 Å². The molecule has 3 N–H and O–H groups in total. The first-order valence-corrected chi connectivity index (χ1v) is 24.1. The van der Waals surface area contributed by atoms with Gasteiger partial charge >= 0.3 is 55.2 Å². The van der Waals surface area contributed by atoms with Gasteiger partial charge in [0.25, 0.3) is 5.56 Å². The molecule has 9 heterocycles. The molecule has 14 nitrogen and oxygen atoms in total. The molecule has 9 aromatic rings. The minimum absolute atomic E-state index is 0. The molecule has 33 heteroatoms. The summed E-state index contributed by atoms with van der Waals surface area (Å²) in [6.07, 6.45) is -13.5. The van der Waals surface area contributed by atoms with Crippen molar-refractivity contribution in [1.29, 1.82) is 0 Å². The second-order valence-electron chi connectivity index (χ2n) is 12.7. The summed E-state index contributed by atoms with van der Waals surface area (Å²) in [7, 11) is 1.50. The number of aromatic amines is 1. The smallest absolute Gasteiger partial charge is 1.00 e. The zero-order valence-electron chi connectivity index (χ0n) is 35.5. The number of halogens is 11. The van der Waals surface area contributed by atoms with Crippen LogP contribution in [0.3, 0.4) is 0 Å². The monoisotopic (exact) mass is 1260 g/mol. The molecule has 0 atom stereocenters. The normalized spacial score (nSPS) is 10.9. The Labute approximate surface area is 469 Å². The van der Waals surface area contributed by atoms with E-state index >= 15 is 0 Å². The molecule has 0 bridgehead atoms. The molecule has 0 unspecified atom stereocenters. The summed E-state index contributed by atoms with van der Waals surface area (Å²) in [5.74, 6) is 0.578. The number of thiazole rings is 3. The Hall–Kier alpha value is -4.00. The van der Waals surface area contributed by atoms with Gasteiger partial charge in [0.1, 0.15) is 5.15 Å². The number of nitrogens with zero attached hydrogens (tertiary/aromatic N) is 8. The van der Waals surface area contributed by atoms with E-state index in [4.69, 9.17) is 31.1 Å². The maximum atomic E-state index is 12.6. The minimum atomic E-state index is -4.51. The molecule has 0 fully saturated rings. The molecule has 9 rings (SSSR count). The topological polar surface area (TPSA) is 195 Å². The first kappa shape index (κ1) is 62.3. The summed E-state index contributed by atoms with van der Waals surface area (Å²) in [6, 6.07) is 9.59. The standard InChI is InChI=1S/C13H8F3N3OS2.C12H6F3N3OS2.C9H5ClF3N3OS.C4H5BO2S.CH4.HI.Na/c1-20-10-4-8(7-2-3-21-5-7)17-11(19-10)12-18-9(6-22-12)13(14,15)16;13-12(14,15)8-5-21-11(17-8)10-16-7(3-9(19)18-10)6-1-2-20-4-6;1-17-6-2-5(10)15-7(16-6)8-14-4(3-18-8)9(11,12)13;6-5(7)4-1-2-8-3-4;;;/h2-6H,1H3;1-5H,(H,16,18,19);2-3H,1H3;1-3,6-7H;1H4;1H;/q;;;;;;+1/p-1. The van der Waals surface area contributed by atoms with Gasteiger partial charge in [-0.15, -0.1) is 34.0 Å². The van der Waals surface area contributed by atoms with Crippen molar-refractivity contribution in [1.82, 2.24) is 44.9 Å². The Kier molecular flexibility index (Phi) is 23.8. The van der Waals surface area contributed by atoms with Crippen LogP contribution in [0.1, 0.15) is 24.5 Å². The maximum Gasteiger partial charge on any atom is 1.00 e. The number of H-pyrrole nitrogens is 1. The summed E-state index contributed by atoms with van der Waals surface area (Å²) in [5.41, 5.74) is -0.239. The third kappa shape index (κ3) is 17.6. The van der Waals surface area contributed by atoms with Crippen LogP contribution in [0.25, 0.3) is 55.0 Å². The number of thiophene rings is 3. The molecule has 376 valence electrons. The molecule has 0 aromatic carbocycles. The molecule has 0 aliphatic carbocycles. The second-order valence-corrected chi connectivity index (χ2v) is 18.0. The van der Waals surface area contributed by atoms with E-state index in [-0.39, 0.29) is 110 Å². The van der Waals surface area contributed by atoms with Crippen molar-refractivity contribution in [2.24, 2.45) is 0 Å². The molecule has 0 saturated carbocycles. The van der Waals surface area contributed by atoms with Crippen molar-refractivity contribution < 1.29 is 113 Å². The Morgan fingerprint density at radius 1 is 0.583 bits per heavy atom. The molecular weight excluding hydrogens is 1230 g/mol. The average molecular weight is 1260 g/mol. The number of rotatable bonds is 8. The number of hydrogen-bond acceptors (Lipinski definition) is 19. The van der Waals surface area contributed by atoms with E-state index in [1.807, 2.05) is 22.2 Å². The van der Waals surface area contributed by atoms with Crippen LogP contribution < -0.4 is 74.0 Å². The number of ether oxygens (including phenoxy) is 2. The van der Waals surface area contributed by atoms with Crippen molar-refractivity contribution in [2.45, 2.75) is 26.0 Å². The first-order chi connectivity index (χ1) is 32.6. The molecule has 0 aliphatic heterocycles. The van der Waals surface area contributed by atoms with Crippen LogP contribution in [0.15, 0.2) is 89.6 Å². The first-order valence-electron chi connectivity index (χ1n) is 18.3. The van der Waals surface area contributed by atoms with Gasteiger partial charge in [-0.05, 0) is 39.1 Å². The quantitative estimate of drug-likeness (QED) is 0.0764. The van der Waals surface area contributed by atoms with Crippen molar-refractivity contribution in [3.8, 4) is 66.8 Å². The average Bonchev–Trinajstić information content (AvgIpc) is 4.16. The van der Waals surface area contributed by atoms with Gasteiger partial charge in [-0.3, -0.25) is 4.79 Å². The third-order valence-electron chi connectivity index (χ3n) is 7.98. The number of methoxy groups -OCH3 is 2. The van der Waals surface area contributed by atoms with E-state index in [9.17, 15) is 44.3 Å². The fourth-order valence-electron chi connectivity index (χ4n) is 4.85. The molecule has 9 aromatic heterocycles. The van der Waals surface area contributed by atoms with Crippen molar-refractivity contribution >= 4 is 92.2 Å². The molecular formula is C39H28BClF9IN9NaO5S6. The van der Waals surface area contributed by atoms with E-state index < -0.39 is 48.3 Å². The van der Waals surface area contributed by atoms with Crippen molar-refractivity contribution in [3.05, 3.63) is 117 Å². The van der Waals surface area contributed by atoms with Gasteiger partial charge in [0.05, 0.1) is 25.6 Å². The van der Waals surface area contributed by atoms with Crippen LogP contribution >= 0.6 is 79.6 Å². The van der Waals surface area contributed by atoms with Gasteiger partial charge in [0.15, 0.2) is 49.6 Å². The summed E-state index contributed by atoms with van der Waals surface area (Å²) in [4.78, 5) is 44.7. The van der Waals surface area contributed by atoms with Crippen molar-refractivity contribution in [3.63, 3.8) is 0 Å². The predicted molar refractivity (Wildman–Crippen MR) is 253 cm³/mol. The fraction of sp³-hybridized carbons (Fsp3) is 0.154. The third-order valence-corrected chi connectivity index (χ3v) is 12.8. The van der Waals surface area contributed by atoms with Crippen molar-refractivity contribution in [2.75, 3.05) is 14.2 Å². The fourth-order valence-corrected chi connectivity index (χ4v) is 9.27. The molecule has 0 aliphatic rings. The Morgan fingerprint density at radius 2 is 1.01 bits per heavy atom. The summed E-state index contributed by atoms with van der Waals surface area (Å²) in [6.45, 7) is 0. The molecule has 0 spiro atoms. The van der Waals surface area contributed by atoms with Gasteiger partial charge in [-0.25, -0.2) is 29.9 Å².